The third-order valence-electron chi connectivity index (χ3n) is 3.33. The van der Waals surface area contributed by atoms with Gasteiger partial charge >= 0.3 is 0 Å². The second-order valence-electron chi connectivity index (χ2n) is 4.82. The minimum Gasteiger partial charge on any atom is -0.385 e. The molecule has 4 heteroatoms. The molecular weight excluding hydrogens is 216 g/mol. The lowest BCUT2D eigenvalue weighted by Gasteiger charge is -2.26. The topological polar surface area (TPSA) is 41.6 Å². The lowest BCUT2D eigenvalue weighted by molar-refractivity contribution is -0.132. The molecule has 0 bridgehead atoms. The predicted molar refractivity (Wildman–Crippen MR) is 69.0 cm³/mol. The molecule has 1 aliphatic rings. The highest BCUT2D eigenvalue weighted by atomic mass is 16.5. The van der Waals surface area contributed by atoms with Gasteiger partial charge in [0.15, 0.2) is 0 Å². The molecule has 17 heavy (non-hydrogen) atoms. The predicted octanol–water partition coefficient (Wildman–Crippen LogP) is 1.40. The summed E-state index contributed by atoms with van der Waals surface area (Å²) in [4.78, 5) is 14.0. The smallest absolute Gasteiger partial charge is 0.239 e. The van der Waals surface area contributed by atoms with Crippen LogP contribution in [0.4, 0.5) is 0 Å². The fraction of sp³-hybridized carbons (Fsp3) is 0.923. The summed E-state index contributed by atoms with van der Waals surface area (Å²) in [7, 11) is 3.58. The van der Waals surface area contributed by atoms with E-state index in [2.05, 4.69) is 5.32 Å². The Hall–Kier alpha value is -0.610. The van der Waals surface area contributed by atoms with Crippen molar-refractivity contribution in [1.29, 1.82) is 0 Å². The maximum atomic E-state index is 12.2. The molecule has 0 aromatic carbocycles. The molecular formula is C13H26N2O2. The van der Waals surface area contributed by atoms with Crippen molar-refractivity contribution in [3.8, 4) is 0 Å². The zero-order valence-electron chi connectivity index (χ0n) is 11.2. The lowest BCUT2D eigenvalue weighted by Crippen LogP contribution is -2.46. The van der Waals surface area contributed by atoms with Crippen molar-refractivity contribution in [3.63, 3.8) is 0 Å². The molecule has 0 radical (unpaired) electrons. The fourth-order valence-corrected chi connectivity index (χ4v) is 2.24. The summed E-state index contributed by atoms with van der Waals surface area (Å²) in [5, 5.41) is 3.37. The number of nitrogens with zero attached hydrogens (tertiary/aromatic N) is 1. The first-order chi connectivity index (χ1) is 8.25. The summed E-state index contributed by atoms with van der Waals surface area (Å²) in [6.07, 6.45) is 6.79. The van der Waals surface area contributed by atoms with E-state index in [1.807, 2.05) is 11.9 Å². The highest BCUT2D eigenvalue weighted by Gasteiger charge is 2.21. The minimum absolute atomic E-state index is 0.0304. The molecule has 1 aliphatic heterocycles. The van der Waals surface area contributed by atoms with Gasteiger partial charge in [-0.2, -0.15) is 0 Å². The van der Waals surface area contributed by atoms with Gasteiger partial charge in [0.25, 0.3) is 0 Å². The van der Waals surface area contributed by atoms with Gasteiger partial charge in [-0.05, 0) is 25.8 Å². The van der Waals surface area contributed by atoms with Crippen LogP contribution in [0.25, 0.3) is 0 Å². The summed E-state index contributed by atoms with van der Waals surface area (Å²) < 4.78 is 5.00. The van der Waals surface area contributed by atoms with Gasteiger partial charge in [-0.3, -0.25) is 4.79 Å². The summed E-state index contributed by atoms with van der Waals surface area (Å²) >= 11 is 0. The number of ether oxygens (including phenoxy) is 1. The molecule has 1 unspecified atom stereocenters. The normalized spacial score (nSPS) is 21.6. The van der Waals surface area contributed by atoms with Crippen LogP contribution in [-0.4, -0.2) is 50.7 Å². The van der Waals surface area contributed by atoms with E-state index in [1.165, 1.54) is 19.3 Å². The molecule has 0 spiro atoms. The maximum absolute atomic E-state index is 12.2. The van der Waals surface area contributed by atoms with Crippen LogP contribution in [0.5, 0.6) is 0 Å². The van der Waals surface area contributed by atoms with Crippen molar-refractivity contribution in [2.45, 2.75) is 44.6 Å². The van der Waals surface area contributed by atoms with E-state index < -0.39 is 0 Å². The van der Waals surface area contributed by atoms with Crippen LogP contribution in [0.3, 0.4) is 0 Å². The first-order valence-corrected chi connectivity index (χ1v) is 6.73. The molecule has 1 amide bonds. The largest absolute Gasteiger partial charge is 0.385 e. The zero-order valence-corrected chi connectivity index (χ0v) is 11.2. The quantitative estimate of drug-likeness (QED) is 0.741. The summed E-state index contributed by atoms with van der Waals surface area (Å²) in [6, 6.07) is 0.0304. The Morgan fingerprint density at radius 3 is 2.88 bits per heavy atom. The second kappa shape index (κ2) is 8.48. The van der Waals surface area contributed by atoms with Gasteiger partial charge < -0.3 is 15.0 Å². The van der Waals surface area contributed by atoms with Gasteiger partial charge in [0, 0.05) is 27.3 Å². The summed E-state index contributed by atoms with van der Waals surface area (Å²) in [5.74, 6) is 0.239. The molecule has 100 valence electrons. The van der Waals surface area contributed by atoms with Crippen LogP contribution >= 0.6 is 0 Å². The van der Waals surface area contributed by atoms with Crippen LogP contribution < -0.4 is 5.32 Å². The Bertz CT molecular complexity index is 213. The van der Waals surface area contributed by atoms with E-state index in [-0.39, 0.29) is 11.9 Å². The Morgan fingerprint density at radius 1 is 1.35 bits per heavy atom. The summed E-state index contributed by atoms with van der Waals surface area (Å²) in [5.41, 5.74) is 0. The van der Waals surface area contributed by atoms with Crippen LogP contribution in [0, 0.1) is 0 Å². The molecule has 0 aromatic rings. The fourth-order valence-electron chi connectivity index (χ4n) is 2.24. The number of likely N-dealkylation sites (N-methyl/N-ethyl adjacent to an activating group) is 1. The van der Waals surface area contributed by atoms with Gasteiger partial charge in [-0.15, -0.1) is 0 Å². The molecule has 0 saturated carbocycles. The van der Waals surface area contributed by atoms with E-state index in [0.29, 0.717) is 0 Å². The van der Waals surface area contributed by atoms with Crippen molar-refractivity contribution in [2.24, 2.45) is 0 Å². The van der Waals surface area contributed by atoms with E-state index in [1.54, 1.807) is 7.11 Å². The van der Waals surface area contributed by atoms with Gasteiger partial charge in [0.05, 0.1) is 6.04 Å². The Labute approximate surface area is 105 Å². The van der Waals surface area contributed by atoms with Crippen LogP contribution in [0.1, 0.15) is 38.5 Å². The standard InChI is InChI=1S/C13H26N2O2/c1-15(10-7-11-17-2)13(16)12-8-5-3-4-6-9-14-12/h12,14H,3-11H2,1-2H3. The van der Waals surface area contributed by atoms with Gasteiger partial charge in [0.2, 0.25) is 5.91 Å². The second-order valence-corrected chi connectivity index (χ2v) is 4.82. The highest BCUT2D eigenvalue weighted by Crippen LogP contribution is 2.11. The maximum Gasteiger partial charge on any atom is 0.239 e. The average Bonchev–Trinajstić information content (AvgIpc) is 2.28. The van der Waals surface area contributed by atoms with E-state index >= 15 is 0 Å². The number of amides is 1. The van der Waals surface area contributed by atoms with Gasteiger partial charge in [-0.25, -0.2) is 0 Å². The minimum atomic E-state index is 0.0304. The Balaban J connectivity index is 2.32. The molecule has 1 fully saturated rings. The monoisotopic (exact) mass is 242 g/mol. The van der Waals surface area contributed by atoms with Crippen molar-refractivity contribution < 1.29 is 9.53 Å². The molecule has 1 atom stereocenters. The van der Waals surface area contributed by atoms with Crippen LogP contribution in [0.15, 0.2) is 0 Å². The molecule has 1 N–H and O–H groups in total. The molecule has 1 saturated heterocycles. The van der Waals surface area contributed by atoms with Gasteiger partial charge in [0.1, 0.15) is 0 Å². The average molecular weight is 242 g/mol. The number of methoxy groups -OCH3 is 1. The first-order valence-electron chi connectivity index (χ1n) is 6.73. The molecule has 1 rings (SSSR count). The third-order valence-corrected chi connectivity index (χ3v) is 3.33. The number of carbonyl (C=O) groups excluding carboxylic acids is 1. The first kappa shape index (κ1) is 14.5. The van der Waals surface area contributed by atoms with Crippen LogP contribution in [-0.2, 0) is 9.53 Å². The third kappa shape index (κ3) is 5.50. The molecule has 1 heterocycles. The van der Waals surface area contributed by atoms with Crippen molar-refractivity contribution in [2.75, 3.05) is 33.9 Å². The number of hydrogen-bond donors (Lipinski definition) is 1. The number of rotatable bonds is 5. The lowest BCUT2D eigenvalue weighted by atomic mass is 10.0. The zero-order chi connectivity index (χ0) is 12.5. The van der Waals surface area contributed by atoms with Gasteiger partial charge in [-0.1, -0.05) is 19.3 Å². The molecule has 4 nitrogen and oxygen atoms in total. The summed E-state index contributed by atoms with van der Waals surface area (Å²) in [6.45, 7) is 2.48. The van der Waals surface area contributed by atoms with Crippen molar-refractivity contribution in [3.05, 3.63) is 0 Å². The number of nitrogens with one attached hydrogen (secondary N) is 1. The Kier molecular flexibility index (Phi) is 7.21. The Morgan fingerprint density at radius 2 is 2.12 bits per heavy atom. The van der Waals surface area contributed by atoms with Crippen molar-refractivity contribution in [1.82, 2.24) is 10.2 Å². The van der Waals surface area contributed by atoms with E-state index in [4.69, 9.17) is 4.74 Å². The molecule has 0 aliphatic carbocycles. The number of carbonyl (C=O) groups is 1. The van der Waals surface area contributed by atoms with E-state index in [0.717, 1.165) is 39.0 Å². The van der Waals surface area contributed by atoms with Crippen molar-refractivity contribution >= 4 is 5.91 Å². The molecule has 0 aromatic heterocycles. The SMILES string of the molecule is COCCCN(C)C(=O)C1CCCCCCN1. The highest BCUT2D eigenvalue weighted by molar-refractivity contribution is 5.81. The number of hydrogen-bond acceptors (Lipinski definition) is 3. The van der Waals surface area contributed by atoms with E-state index in [9.17, 15) is 4.79 Å². The van der Waals surface area contributed by atoms with Crippen LogP contribution in [0.2, 0.25) is 0 Å².